The van der Waals surface area contributed by atoms with Crippen molar-refractivity contribution >= 4 is 17.3 Å². The topological polar surface area (TPSA) is 42.7 Å². The first kappa shape index (κ1) is 13.4. The number of hydrogen-bond donors (Lipinski definition) is 0. The third-order valence-electron chi connectivity index (χ3n) is 3.52. The standard InChI is InChI=1S/C15H17NO3S/c17-15(14-2-1-8-18-14)19-13-3-6-16(7-4-13)10-12-5-9-20-11-12/h1-2,5,8-9,11,13H,3-4,6-7,10H2. The fourth-order valence-corrected chi connectivity index (χ4v) is 3.09. The maximum Gasteiger partial charge on any atom is 0.374 e. The van der Waals surface area contributed by atoms with E-state index in [4.69, 9.17) is 9.15 Å². The Hall–Kier alpha value is -1.59. The van der Waals surface area contributed by atoms with Gasteiger partial charge >= 0.3 is 5.97 Å². The Morgan fingerprint density at radius 2 is 2.25 bits per heavy atom. The number of nitrogens with zero attached hydrogens (tertiary/aromatic N) is 1. The van der Waals surface area contributed by atoms with Gasteiger partial charge in [0.25, 0.3) is 0 Å². The van der Waals surface area contributed by atoms with Gasteiger partial charge in [-0.15, -0.1) is 0 Å². The highest BCUT2D eigenvalue weighted by Crippen LogP contribution is 2.18. The van der Waals surface area contributed by atoms with E-state index in [1.54, 1.807) is 23.5 Å². The summed E-state index contributed by atoms with van der Waals surface area (Å²) in [5.74, 6) is -0.0722. The highest BCUT2D eigenvalue weighted by Gasteiger charge is 2.23. The summed E-state index contributed by atoms with van der Waals surface area (Å²) in [6.45, 7) is 2.92. The molecular weight excluding hydrogens is 274 g/mol. The molecule has 0 N–H and O–H groups in total. The van der Waals surface area contributed by atoms with Crippen molar-refractivity contribution in [2.75, 3.05) is 13.1 Å². The molecule has 1 aliphatic rings. The second-order valence-corrected chi connectivity index (χ2v) is 5.77. The molecule has 5 heteroatoms. The number of likely N-dealkylation sites (tertiary alicyclic amines) is 1. The van der Waals surface area contributed by atoms with Crippen LogP contribution in [0.15, 0.2) is 39.6 Å². The number of furan rings is 1. The molecule has 106 valence electrons. The number of rotatable bonds is 4. The first-order valence-electron chi connectivity index (χ1n) is 6.79. The predicted molar refractivity (Wildman–Crippen MR) is 76.7 cm³/mol. The number of carbonyl (C=O) groups is 1. The predicted octanol–water partition coefficient (Wildman–Crippen LogP) is 3.16. The second-order valence-electron chi connectivity index (χ2n) is 4.99. The lowest BCUT2D eigenvalue weighted by Gasteiger charge is -2.31. The SMILES string of the molecule is O=C(OC1CCN(Cc2ccsc2)CC1)c1ccco1. The van der Waals surface area contributed by atoms with Crippen LogP contribution in [0.25, 0.3) is 0 Å². The van der Waals surface area contributed by atoms with Crippen LogP contribution in [-0.4, -0.2) is 30.1 Å². The zero-order valence-corrected chi connectivity index (χ0v) is 12.0. The molecule has 2 aromatic heterocycles. The van der Waals surface area contributed by atoms with Crippen LogP contribution < -0.4 is 0 Å². The normalized spacial score (nSPS) is 17.2. The molecule has 0 atom stereocenters. The van der Waals surface area contributed by atoms with Gasteiger partial charge in [0.05, 0.1) is 6.26 Å². The van der Waals surface area contributed by atoms with E-state index in [0.717, 1.165) is 32.5 Å². The summed E-state index contributed by atoms with van der Waals surface area (Å²) in [6, 6.07) is 5.49. The molecule has 20 heavy (non-hydrogen) atoms. The minimum atomic E-state index is -0.355. The quantitative estimate of drug-likeness (QED) is 0.812. The molecule has 0 aromatic carbocycles. The van der Waals surface area contributed by atoms with E-state index < -0.39 is 0 Å². The van der Waals surface area contributed by atoms with Gasteiger partial charge in [0.2, 0.25) is 5.76 Å². The van der Waals surface area contributed by atoms with Crippen LogP contribution in [0.1, 0.15) is 29.0 Å². The summed E-state index contributed by atoms with van der Waals surface area (Å²) in [5, 5.41) is 4.29. The lowest BCUT2D eigenvalue weighted by atomic mass is 10.1. The highest BCUT2D eigenvalue weighted by atomic mass is 32.1. The largest absolute Gasteiger partial charge is 0.457 e. The van der Waals surface area contributed by atoms with E-state index in [2.05, 4.69) is 21.7 Å². The van der Waals surface area contributed by atoms with Crippen molar-refractivity contribution in [3.8, 4) is 0 Å². The van der Waals surface area contributed by atoms with Gasteiger partial charge in [0.15, 0.2) is 0 Å². The van der Waals surface area contributed by atoms with Gasteiger partial charge in [-0.25, -0.2) is 4.79 Å². The van der Waals surface area contributed by atoms with Gasteiger partial charge in [0.1, 0.15) is 6.10 Å². The maximum atomic E-state index is 11.8. The summed E-state index contributed by atoms with van der Waals surface area (Å²) in [6.07, 6.45) is 3.26. The summed E-state index contributed by atoms with van der Waals surface area (Å²) in [7, 11) is 0. The maximum absolute atomic E-state index is 11.8. The van der Waals surface area contributed by atoms with Crippen LogP contribution in [-0.2, 0) is 11.3 Å². The fourth-order valence-electron chi connectivity index (χ4n) is 2.43. The van der Waals surface area contributed by atoms with Crippen molar-refractivity contribution in [1.29, 1.82) is 0 Å². The first-order valence-corrected chi connectivity index (χ1v) is 7.73. The Kier molecular flexibility index (Phi) is 4.18. The van der Waals surface area contributed by atoms with Crippen molar-refractivity contribution < 1.29 is 13.9 Å². The van der Waals surface area contributed by atoms with Gasteiger partial charge < -0.3 is 9.15 Å². The third-order valence-corrected chi connectivity index (χ3v) is 4.25. The molecule has 3 rings (SSSR count). The molecule has 1 fully saturated rings. The van der Waals surface area contributed by atoms with E-state index >= 15 is 0 Å². The Bertz CT molecular complexity index is 527. The molecule has 0 bridgehead atoms. The van der Waals surface area contributed by atoms with Crippen LogP contribution in [0, 0.1) is 0 Å². The summed E-state index contributed by atoms with van der Waals surface area (Å²) < 4.78 is 10.5. The molecule has 3 heterocycles. The Labute approximate surface area is 122 Å². The van der Waals surface area contributed by atoms with Gasteiger partial charge in [-0.3, -0.25) is 4.90 Å². The van der Waals surface area contributed by atoms with Gasteiger partial charge in [-0.2, -0.15) is 11.3 Å². The van der Waals surface area contributed by atoms with E-state index in [1.165, 1.54) is 11.8 Å². The van der Waals surface area contributed by atoms with Crippen molar-refractivity contribution in [2.24, 2.45) is 0 Å². The molecule has 1 saturated heterocycles. The average Bonchev–Trinajstić information content (AvgIpc) is 3.13. The van der Waals surface area contributed by atoms with Crippen molar-refractivity contribution in [3.05, 3.63) is 46.5 Å². The number of thiophene rings is 1. The zero-order valence-electron chi connectivity index (χ0n) is 11.2. The Balaban J connectivity index is 1.45. The van der Waals surface area contributed by atoms with Crippen LogP contribution >= 0.6 is 11.3 Å². The van der Waals surface area contributed by atoms with Crippen LogP contribution in [0.4, 0.5) is 0 Å². The second kappa shape index (κ2) is 6.24. The van der Waals surface area contributed by atoms with E-state index in [-0.39, 0.29) is 17.8 Å². The molecule has 1 aliphatic heterocycles. The fraction of sp³-hybridized carbons (Fsp3) is 0.400. The first-order chi connectivity index (χ1) is 9.81. The summed E-state index contributed by atoms with van der Waals surface area (Å²) >= 11 is 1.73. The number of esters is 1. The number of ether oxygens (including phenoxy) is 1. The number of carbonyl (C=O) groups excluding carboxylic acids is 1. The molecule has 2 aromatic rings. The number of hydrogen-bond acceptors (Lipinski definition) is 5. The van der Waals surface area contributed by atoms with E-state index in [1.807, 2.05) is 0 Å². The minimum Gasteiger partial charge on any atom is -0.457 e. The number of piperidine rings is 1. The van der Waals surface area contributed by atoms with E-state index in [0.29, 0.717) is 0 Å². The minimum absolute atomic E-state index is 0.00586. The van der Waals surface area contributed by atoms with Crippen LogP contribution in [0.2, 0.25) is 0 Å². The molecule has 4 nitrogen and oxygen atoms in total. The Morgan fingerprint density at radius 3 is 2.90 bits per heavy atom. The molecule has 0 spiro atoms. The van der Waals surface area contributed by atoms with Gasteiger partial charge in [-0.05, 0) is 47.4 Å². The Morgan fingerprint density at radius 1 is 1.40 bits per heavy atom. The van der Waals surface area contributed by atoms with Gasteiger partial charge in [-0.1, -0.05) is 0 Å². The van der Waals surface area contributed by atoms with Gasteiger partial charge in [0, 0.05) is 19.6 Å². The van der Waals surface area contributed by atoms with Crippen LogP contribution in [0.5, 0.6) is 0 Å². The summed E-state index contributed by atoms with van der Waals surface area (Å²) in [4.78, 5) is 14.2. The molecule has 0 aliphatic carbocycles. The highest BCUT2D eigenvalue weighted by molar-refractivity contribution is 7.07. The molecule has 0 radical (unpaired) electrons. The molecule has 0 saturated carbocycles. The lowest BCUT2D eigenvalue weighted by Crippen LogP contribution is -2.37. The molecular formula is C15H17NO3S. The monoisotopic (exact) mass is 291 g/mol. The zero-order chi connectivity index (χ0) is 13.8. The third kappa shape index (κ3) is 3.29. The lowest BCUT2D eigenvalue weighted by molar-refractivity contribution is 0.00741. The van der Waals surface area contributed by atoms with Crippen molar-refractivity contribution in [1.82, 2.24) is 4.90 Å². The van der Waals surface area contributed by atoms with Crippen molar-refractivity contribution in [3.63, 3.8) is 0 Å². The van der Waals surface area contributed by atoms with Crippen LogP contribution in [0.3, 0.4) is 0 Å². The molecule has 0 unspecified atom stereocenters. The van der Waals surface area contributed by atoms with E-state index in [9.17, 15) is 4.79 Å². The molecule has 0 amide bonds. The average molecular weight is 291 g/mol. The summed E-state index contributed by atoms with van der Waals surface area (Å²) in [5.41, 5.74) is 1.36. The smallest absolute Gasteiger partial charge is 0.374 e. The van der Waals surface area contributed by atoms with Crippen molar-refractivity contribution in [2.45, 2.75) is 25.5 Å².